The first-order chi connectivity index (χ1) is 14.3. The van der Waals surface area contributed by atoms with Gasteiger partial charge in [0, 0.05) is 25.7 Å². The molecule has 1 aliphatic rings. The number of carbonyl (C=O) groups is 2. The van der Waals surface area contributed by atoms with Gasteiger partial charge in [-0.3, -0.25) is 14.3 Å². The van der Waals surface area contributed by atoms with E-state index in [-0.39, 0.29) is 31.0 Å². The Kier molecular flexibility index (Phi) is 6.53. The van der Waals surface area contributed by atoms with Gasteiger partial charge in [-0.1, -0.05) is 6.07 Å². The SMILES string of the molecule is CCOC(=O)[C@]1(Cc2ccc(F)cc2F)CCCN(C(=O)c2cc(C)nn2CC)C1. The van der Waals surface area contributed by atoms with Gasteiger partial charge in [0.2, 0.25) is 0 Å². The molecule has 1 amide bonds. The van der Waals surface area contributed by atoms with Crippen LogP contribution in [0.15, 0.2) is 24.3 Å². The second kappa shape index (κ2) is 8.93. The molecule has 8 heteroatoms. The first kappa shape index (κ1) is 21.9. The lowest BCUT2D eigenvalue weighted by Crippen LogP contribution is -2.52. The highest BCUT2D eigenvalue weighted by atomic mass is 19.1. The lowest BCUT2D eigenvalue weighted by atomic mass is 9.74. The van der Waals surface area contributed by atoms with Gasteiger partial charge in [-0.15, -0.1) is 0 Å². The number of piperidine rings is 1. The molecule has 2 heterocycles. The number of rotatable bonds is 6. The fraction of sp³-hybridized carbons (Fsp3) is 0.500. The summed E-state index contributed by atoms with van der Waals surface area (Å²) in [7, 11) is 0. The molecule has 6 nitrogen and oxygen atoms in total. The van der Waals surface area contributed by atoms with Crippen LogP contribution in [0.2, 0.25) is 0 Å². The minimum Gasteiger partial charge on any atom is -0.466 e. The number of esters is 1. The van der Waals surface area contributed by atoms with Crippen LogP contribution in [0.25, 0.3) is 0 Å². The van der Waals surface area contributed by atoms with Crippen molar-refractivity contribution in [2.24, 2.45) is 5.41 Å². The average Bonchev–Trinajstić information content (AvgIpc) is 3.10. The number of aryl methyl sites for hydroxylation is 2. The van der Waals surface area contributed by atoms with Crippen LogP contribution in [-0.4, -0.2) is 46.3 Å². The highest BCUT2D eigenvalue weighted by Gasteiger charge is 2.45. The minimum atomic E-state index is -1.09. The van der Waals surface area contributed by atoms with Crippen LogP contribution in [0.5, 0.6) is 0 Å². The number of hydrogen-bond acceptors (Lipinski definition) is 4. The maximum atomic E-state index is 14.4. The number of aromatic nitrogens is 2. The molecule has 0 unspecified atom stereocenters. The van der Waals surface area contributed by atoms with Crippen molar-refractivity contribution < 1.29 is 23.1 Å². The molecule has 0 saturated carbocycles. The summed E-state index contributed by atoms with van der Waals surface area (Å²) in [6, 6.07) is 5.06. The summed E-state index contributed by atoms with van der Waals surface area (Å²) in [6.07, 6.45) is 1.07. The number of halogens is 2. The van der Waals surface area contributed by atoms with Gasteiger partial charge in [0.05, 0.1) is 17.7 Å². The van der Waals surface area contributed by atoms with Gasteiger partial charge in [0.1, 0.15) is 17.3 Å². The van der Waals surface area contributed by atoms with E-state index in [4.69, 9.17) is 4.74 Å². The van der Waals surface area contributed by atoms with Crippen LogP contribution in [-0.2, 0) is 22.5 Å². The maximum Gasteiger partial charge on any atom is 0.314 e. The Balaban J connectivity index is 1.92. The molecule has 0 radical (unpaired) electrons. The number of ether oxygens (including phenoxy) is 1. The number of hydrogen-bond donors (Lipinski definition) is 0. The summed E-state index contributed by atoms with van der Waals surface area (Å²) < 4.78 is 34.6. The molecule has 0 aliphatic carbocycles. The van der Waals surface area contributed by atoms with Gasteiger partial charge < -0.3 is 9.64 Å². The third-order valence-corrected chi connectivity index (χ3v) is 5.54. The predicted molar refractivity (Wildman–Crippen MR) is 107 cm³/mol. The average molecular weight is 419 g/mol. The zero-order chi connectivity index (χ0) is 21.9. The second-order valence-electron chi connectivity index (χ2n) is 7.73. The summed E-state index contributed by atoms with van der Waals surface area (Å²) in [4.78, 5) is 27.8. The molecule has 1 saturated heterocycles. The van der Waals surface area contributed by atoms with Crippen molar-refractivity contribution in [1.29, 1.82) is 0 Å². The summed E-state index contributed by atoms with van der Waals surface area (Å²) in [5, 5.41) is 4.33. The topological polar surface area (TPSA) is 64.4 Å². The van der Waals surface area contributed by atoms with E-state index < -0.39 is 23.0 Å². The minimum absolute atomic E-state index is 0.0355. The van der Waals surface area contributed by atoms with Gasteiger partial charge in [-0.25, -0.2) is 8.78 Å². The Hall–Kier alpha value is -2.77. The summed E-state index contributed by atoms with van der Waals surface area (Å²) in [5.41, 5.74) is 0.340. The lowest BCUT2D eigenvalue weighted by molar-refractivity contribution is -0.158. The third-order valence-electron chi connectivity index (χ3n) is 5.54. The molecule has 1 atom stereocenters. The van der Waals surface area contributed by atoms with Crippen molar-refractivity contribution in [3.05, 3.63) is 52.9 Å². The highest BCUT2D eigenvalue weighted by molar-refractivity contribution is 5.93. The van der Waals surface area contributed by atoms with Crippen LogP contribution in [0.1, 0.15) is 48.4 Å². The van der Waals surface area contributed by atoms with Gasteiger partial charge in [0.15, 0.2) is 0 Å². The van der Waals surface area contributed by atoms with Crippen LogP contribution < -0.4 is 0 Å². The molecule has 30 heavy (non-hydrogen) atoms. The van der Waals surface area contributed by atoms with E-state index >= 15 is 0 Å². The van der Waals surface area contributed by atoms with Crippen molar-refractivity contribution in [2.45, 2.75) is 46.6 Å². The number of nitrogens with zero attached hydrogens (tertiary/aromatic N) is 3. The van der Waals surface area contributed by atoms with E-state index in [1.807, 2.05) is 13.8 Å². The smallest absolute Gasteiger partial charge is 0.314 e. The molecule has 162 valence electrons. The fourth-order valence-corrected chi connectivity index (χ4v) is 4.12. The number of carbonyl (C=O) groups excluding carboxylic acids is 2. The summed E-state index contributed by atoms with van der Waals surface area (Å²) >= 11 is 0. The van der Waals surface area contributed by atoms with E-state index in [0.29, 0.717) is 31.6 Å². The van der Waals surface area contributed by atoms with Crippen molar-refractivity contribution in [3.8, 4) is 0 Å². The standard InChI is InChI=1S/C22H27F2N3O3/c1-4-27-19(11-15(3)25-27)20(28)26-10-6-9-22(14-26,21(29)30-5-2)13-16-7-8-17(23)12-18(16)24/h7-8,11-12H,4-6,9-10,13-14H2,1-3H3/t22-/m0/s1. The lowest BCUT2D eigenvalue weighted by Gasteiger charge is -2.41. The van der Waals surface area contributed by atoms with E-state index in [0.717, 1.165) is 11.8 Å². The van der Waals surface area contributed by atoms with E-state index in [1.54, 1.807) is 22.6 Å². The molecule has 1 aliphatic heterocycles. The van der Waals surface area contributed by atoms with Crippen molar-refractivity contribution in [1.82, 2.24) is 14.7 Å². The van der Waals surface area contributed by atoms with E-state index in [2.05, 4.69) is 5.10 Å². The molecule has 2 aromatic rings. The quantitative estimate of drug-likeness (QED) is 0.672. The molecule has 1 fully saturated rings. The number of likely N-dealkylation sites (tertiary alicyclic amines) is 1. The molecule has 0 bridgehead atoms. The van der Waals surface area contributed by atoms with Gasteiger partial charge in [0.25, 0.3) is 5.91 Å². The Morgan fingerprint density at radius 1 is 1.23 bits per heavy atom. The van der Waals surface area contributed by atoms with Gasteiger partial charge in [-0.05, 0) is 57.7 Å². The van der Waals surface area contributed by atoms with Gasteiger partial charge >= 0.3 is 5.97 Å². The number of benzene rings is 1. The largest absolute Gasteiger partial charge is 0.466 e. The highest BCUT2D eigenvalue weighted by Crippen LogP contribution is 2.36. The molecular formula is C22H27F2N3O3. The monoisotopic (exact) mass is 419 g/mol. The van der Waals surface area contributed by atoms with E-state index in [1.165, 1.54) is 12.1 Å². The summed E-state index contributed by atoms with van der Waals surface area (Å²) in [5.74, 6) is -2.07. The predicted octanol–water partition coefficient (Wildman–Crippen LogP) is 3.52. The van der Waals surface area contributed by atoms with Crippen LogP contribution >= 0.6 is 0 Å². The zero-order valence-electron chi connectivity index (χ0n) is 17.6. The third kappa shape index (κ3) is 4.37. The maximum absolute atomic E-state index is 14.4. The molecule has 3 rings (SSSR count). The number of amides is 1. The summed E-state index contributed by atoms with van der Waals surface area (Å²) in [6.45, 7) is 6.75. The molecule has 0 N–H and O–H groups in total. The van der Waals surface area contributed by atoms with Crippen molar-refractivity contribution >= 4 is 11.9 Å². The first-order valence-corrected chi connectivity index (χ1v) is 10.2. The molecule has 1 aromatic carbocycles. The molecule has 0 spiro atoms. The molecular weight excluding hydrogens is 392 g/mol. The first-order valence-electron chi connectivity index (χ1n) is 10.2. The van der Waals surface area contributed by atoms with Gasteiger partial charge in [-0.2, -0.15) is 5.10 Å². The van der Waals surface area contributed by atoms with Crippen molar-refractivity contribution in [2.75, 3.05) is 19.7 Å². The Labute approximate surface area is 174 Å². The van der Waals surface area contributed by atoms with Crippen LogP contribution in [0.4, 0.5) is 8.78 Å². The van der Waals surface area contributed by atoms with E-state index in [9.17, 15) is 18.4 Å². The Morgan fingerprint density at radius 2 is 2.00 bits per heavy atom. The van der Waals surface area contributed by atoms with Crippen molar-refractivity contribution in [3.63, 3.8) is 0 Å². The second-order valence-corrected chi connectivity index (χ2v) is 7.73. The van der Waals surface area contributed by atoms with Crippen LogP contribution in [0.3, 0.4) is 0 Å². The fourth-order valence-electron chi connectivity index (χ4n) is 4.12. The molecule has 1 aromatic heterocycles. The Morgan fingerprint density at radius 3 is 2.67 bits per heavy atom. The normalized spacial score (nSPS) is 19.0. The zero-order valence-corrected chi connectivity index (χ0v) is 17.6. The Bertz CT molecular complexity index is 944. The van der Waals surface area contributed by atoms with Crippen LogP contribution in [0, 0.1) is 24.0 Å².